The molecule has 0 saturated carbocycles. The van der Waals surface area contributed by atoms with E-state index in [9.17, 15) is 14.5 Å². The van der Waals surface area contributed by atoms with Gasteiger partial charge in [-0.2, -0.15) is 0 Å². The lowest BCUT2D eigenvalue weighted by Crippen LogP contribution is -2.45. The van der Waals surface area contributed by atoms with Gasteiger partial charge < -0.3 is 10.1 Å². The van der Waals surface area contributed by atoms with E-state index in [1.54, 1.807) is 0 Å². The number of rotatable bonds is 5. The predicted molar refractivity (Wildman–Crippen MR) is 72.0 cm³/mol. The number of morpholine rings is 1. The Bertz CT molecular complexity index is 482. The Morgan fingerprint density at radius 2 is 2.35 bits per heavy atom. The van der Waals surface area contributed by atoms with Crippen molar-refractivity contribution in [3.8, 4) is 0 Å². The van der Waals surface area contributed by atoms with Crippen LogP contribution in [0.5, 0.6) is 0 Å². The molecular weight excluding hydrogens is 265 g/mol. The van der Waals surface area contributed by atoms with Gasteiger partial charge in [-0.3, -0.25) is 15.0 Å². The lowest BCUT2D eigenvalue weighted by molar-refractivity contribution is -0.385. The Kier molecular flexibility index (Phi) is 4.99. The number of non-ortho nitro benzene ring substituents is 1. The summed E-state index contributed by atoms with van der Waals surface area (Å²) < 4.78 is 19.0. The van der Waals surface area contributed by atoms with E-state index < -0.39 is 10.7 Å². The van der Waals surface area contributed by atoms with Crippen LogP contribution in [0.3, 0.4) is 0 Å². The smallest absolute Gasteiger partial charge is 0.272 e. The van der Waals surface area contributed by atoms with E-state index in [1.807, 2.05) is 7.05 Å². The fourth-order valence-electron chi connectivity index (χ4n) is 2.36. The van der Waals surface area contributed by atoms with Gasteiger partial charge >= 0.3 is 0 Å². The molecular formula is C13H18FN3O3. The van der Waals surface area contributed by atoms with Crippen LogP contribution in [0.2, 0.25) is 0 Å². The van der Waals surface area contributed by atoms with Gasteiger partial charge in [-0.1, -0.05) is 0 Å². The zero-order valence-electron chi connectivity index (χ0n) is 11.3. The number of likely N-dealkylation sites (N-methyl/N-ethyl adjacent to an activating group) is 1. The van der Waals surface area contributed by atoms with E-state index in [2.05, 4.69) is 10.2 Å². The van der Waals surface area contributed by atoms with Gasteiger partial charge in [0.2, 0.25) is 0 Å². The fraction of sp³-hybridized carbons (Fsp3) is 0.538. The molecule has 1 aliphatic heterocycles. The summed E-state index contributed by atoms with van der Waals surface area (Å²) in [4.78, 5) is 12.3. The van der Waals surface area contributed by atoms with Crippen LogP contribution in [0, 0.1) is 15.9 Å². The van der Waals surface area contributed by atoms with Gasteiger partial charge in [0.1, 0.15) is 5.82 Å². The van der Waals surface area contributed by atoms with Crippen LogP contribution in [-0.4, -0.2) is 49.2 Å². The Morgan fingerprint density at radius 3 is 3.05 bits per heavy atom. The number of benzene rings is 1. The normalized spacial score (nSPS) is 20.0. The second-order valence-corrected chi connectivity index (χ2v) is 4.86. The molecule has 7 heteroatoms. The van der Waals surface area contributed by atoms with Crippen molar-refractivity contribution in [2.75, 3.05) is 33.3 Å². The van der Waals surface area contributed by atoms with Crippen molar-refractivity contribution in [3.63, 3.8) is 0 Å². The zero-order valence-corrected chi connectivity index (χ0v) is 11.3. The third-order valence-electron chi connectivity index (χ3n) is 3.21. The molecule has 0 spiro atoms. The van der Waals surface area contributed by atoms with E-state index in [0.29, 0.717) is 18.7 Å². The SMILES string of the molecule is CNCC1CN(Cc2cc(F)cc([N+](=O)[O-])c2)CCO1. The lowest BCUT2D eigenvalue weighted by Gasteiger charge is -2.32. The van der Waals surface area contributed by atoms with E-state index in [1.165, 1.54) is 12.1 Å². The molecule has 0 bridgehead atoms. The molecule has 0 aliphatic carbocycles. The van der Waals surface area contributed by atoms with Gasteiger partial charge in [0.05, 0.1) is 23.7 Å². The molecule has 2 rings (SSSR count). The van der Waals surface area contributed by atoms with E-state index >= 15 is 0 Å². The van der Waals surface area contributed by atoms with Crippen LogP contribution in [0.25, 0.3) is 0 Å². The molecule has 1 saturated heterocycles. The van der Waals surface area contributed by atoms with Crippen molar-refractivity contribution >= 4 is 5.69 Å². The highest BCUT2D eigenvalue weighted by Crippen LogP contribution is 2.18. The molecule has 110 valence electrons. The minimum absolute atomic E-state index is 0.0947. The molecule has 0 amide bonds. The number of ether oxygens (including phenoxy) is 1. The topological polar surface area (TPSA) is 67.6 Å². The highest BCUT2D eigenvalue weighted by molar-refractivity contribution is 5.35. The summed E-state index contributed by atoms with van der Waals surface area (Å²) in [6, 6.07) is 3.70. The molecule has 1 heterocycles. The summed E-state index contributed by atoms with van der Waals surface area (Å²) >= 11 is 0. The molecule has 0 radical (unpaired) electrons. The van der Waals surface area contributed by atoms with Crippen molar-refractivity contribution in [2.24, 2.45) is 0 Å². The molecule has 1 fully saturated rings. The largest absolute Gasteiger partial charge is 0.374 e. The first-order chi connectivity index (χ1) is 9.58. The lowest BCUT2D eigenvalue weighted by atomic mass is 10.1. The maximum atomic E-state index is 13.4. The van der Waals surface area contributed by atoms with Gasteiger partial charge in [-0.15, -0.1) is 0 Å². The van der Waals surface area contributed by atoms with Crippen molar-refractivity contribution in [2.45, 2.75) is 12.6 Å². The van der Waals surface area contributed by atoms with Crippen LogP contribution in [0.1, 0.15) is 5.56 Å². The van der Waals surface area contributed by atoms with Crippen LogP contribution < -0.4 is 5.32 Å². The maximum Gasteiger partial charge on any atom is 0.272 e. The second kappa shape index (κ2) is 6.74. The highest BCUT2D eigenvalue weighted by Gasteiger charge is 2.20. The summed E-state index contributed by atoms with van der Waals surface area (Å²) in [6.07, 6.45) is 0.0947. The molecule has 20 heavy (non-hydrogen) atoms. The van der Waals surface area contributed by atoms with Gasteiger partial charge in [0, 0.05) is 32.2 Å². The number of hydrogen-bond donors (Lipinski definition) is 1. The zero-order chi connectivity index (χ0) is 14.5. The number of nitro groups is 1. The summed E-state index contributed by atoms with van der Waals surface area (Å²) in [5.41, 5.74) is 0.404. The molecule has 0 aromatic heterocycles. The average molecular weight is 283 g/mol. The third-order valence-corrected chi connectivity index (χ3v) is 3.21. The molecule has 1 unspecified atom stereocenters. The monoisotopic (exact) mass is 283 g/mol. The van der Waals surface area contributed by atoms with E-state index in [-0.39, 0.29) is 11.8 Å². The summed E-state index contributed by atoms with van der Waals surface area (Å²) in [7, 11) is 1.86. The Balaban J connectivity index is 2.03. The van der Waals surface area contributed by atoms with Crippen LogP contribution in [-0.2, 0) is 11.3 Å². The van der Waals surface area contributed by atoms with Gasteiger partial charge in [-0.05, 0) is 18.7 Å². The van der Waals surface area contributed by atoms with E-state index in [0.717, 1.165) is 25.7 Å². The first-order valence-corrected chi connectivity index (χ1v) is 6.51. The van der Waals surface area contributed by atoms with Gasteiger partial charge in [0.25, 0.3) is 5.69 Å². The van der Waals surface area contributed by atoms with Crippen LogP contribution in [0.15, 0.2) is 18.2 Å². The number of halogens is 1. The van der Waals surface area contributed by atoms with Crippen LogP contribution in [0.4, 0.5) is 10.1 Å². The highest BCUT2D eigenvalue weighted by atomic mass is 19.1. The molecule has 1 N–H and O–H groups in total. The average Bonchev–Trinajstić information content (AvgIpc) is 2.38. The Hall–Kier alpha value is -1.57. The van der Waals surface area contributed by atoms with Crippen molar-refractivity contribution in [3.05, 3.63) is 39.7 Å². The van der Waals surface area contributed by atoms with Crippen LogP contribution >= 0.6 is 0 Å². The first kappa shape index (κ1) is 14.8. The fourth-order valence-corrected chi connectivity index (χ4v) is 2.36. The maximum absolute atomic E-state index is 13.4. The van der Waals surface area contributed by atoms with Crippen molar-refractivity contribution in [1.82, 2.24) is 10.2 Å². The molecule has 1 aromatic carbocycles. The summed E-state index contributed by atoms with van der Waals surface area (Å²) in [5.74, 6) is -0.575. The molecule has 1 aliphatic rings. The third kappa shape index (κ3) is 3.96. The minimum Gasteiger partial charge on any atom is -0.374 e. The molecule has 1 atom stereocenters. The van der Waals surface area contributed by atoms with Gasteiger partial charge in [0.15, 0.2) is 0 Å². The molecule has 6 nitrogen and oxygen atoms in total. The quantitative estimate of drug-likeness (QED) is 0.648. The van der Waals surface area contributed by atoms with Crippen molar-refractivity contribution < 1.29 is 14.1 Å². The minimum atomic E-state index is -0.575. The first-order valence-electron chi connectivity index (χ1n) is 6.51. The summed E-state index contributed by atoms with van der Waals surface area (Å²) in [6.45, 7) is 3.32. The number of nitrogens with zero attached hydrogens (tertiary/aromatic N) is 2. The standard InChI is InChI=1S/C13H18FN3O3/c1-15-7-13-9-16(2-3-20-13)8-10-4-11(14)6-12(5-10)17(18)19/h4-6,13,15H,2-3,7-9H2,1H3. The van der Waals surface area contributed by atoms with E-state index in [4.69, 9.17) is 4.74 Å². The molecule has 1 aromatic rings. The van der Waals surface area contributed by atoms with Crippen molar-refractivity contribution in [1.29, 1.82) is 0 Å². The Labute approximate surface area is 116 Å². The van der Waals surface area contributed by atoms with Gasteiger partial charge in [-0.25, -0.2) is 4.39 Å². The summed E-state index contributed by atoms with van der Waals surface area (Å²) in [5, 5.41) is 13.8. The predicted octanol–water partition coefficient (Wildman–Crippen LogP) is 1.15. The number of nitro benzene ring substituents is 1. The number of hydrogen-bond acceptors (Lipinski definition) is 5. The number of nitrogens with one attached hydrogen (secondary N) is 1. The second-order valence-electron chi connectivity index (χ2n) is 4.86. The Morgan fingerprint density at radius 1 is 1.55 bits per heavy atom.